The second kappa shape index (κ2) is 8.54. The van der Waals surface area contributed by atoms with Crippen LogP contribution in [0.3, 0.4) is 0 Å². The van der Waals surface area contributed by atoms with Crippen LogP contribution in [0.4, 0.5) is 0 Å². The van der Waals surface area contributed by atoms with Gasteiger partial charge in [0.1, 0.15) is 23.9 Å². The summed E-state index contributed by atoms with van der Waals surface area (Å²) >= 11 is 0. The molecule has 1 aromatic heterocycles. The molecule has 0 spiro atoms. The Morgan fingerprint density at radius 3 is 2.52 bits per heavy atom. The van der Waals surface area contributed by atoms with Crippen molar-refractivity contribution in [1.82, 2.24) is 10.9 Å². The molecule has 0 saturated heterocycles. The first-order valence-electron chi connectivity index (χ1n) is 7.69. The van der Waals surface area contributed by atoms with Gasteiger partial charge in [0.05, 0.1) is 5.56 Å². The minimum atomic E-state index is -0.446. The molecule has 6 nitrogen and oxygen atoms in total. The third-order valence-electron chi connectivity index (χ3n) is 3.26. The summed E-state index contributed by atoms with van der Waals surface area (Å²) in [7, 11) is 0. The number of carbonyl (C=O) groups excluding carboxylic acids is 2. The molecular formula is C19H20N2O4. The summed E-state index contributed by atoms with van der Waals surface area (Å²) in [5.41, 5.74) is 5.88. The molecule has 0 aliphatic rings. The maximum absolute atomic E-state index is 12.0. The molecule has 0 radical (unpaired) electrons. The van der Waals surface area contributed by atoms with Gasteiger partial charge in [-0.3, -0.25) is 20.4 Å². The van der Waals surface area contributed by atoms with E-state index in [1.54, 1.807) is 44.2 Å². The quantitative estimate of drug-likeness (QED) is 0.481. The molecule has 0 atom stereocenters. The van der Waals surface area contributed by atoms with Gasteiger partial charge in [-0.1, -0.05) is 24.8 Å². The smallest absolute Gasteiger partial charge is 0.273 e. The number of nitrogens with one attached hydrogen (secondary N) is 2. The molecule has 0 fully saturated rings. The summed E-state index contributed by atoms with van der Waals surface area (Å²) in [6.45, 7) is 7.45. The Balaban J connectivity index is 1.85. The number of aryl methyl sites for hydroxylation is 2. The van der Waals surface area contributed by atoms with Gasteiger partial charge in [0.15, 0.2) is 0 Å². The lowest BCUT2D eigenvalue weighted by Gasteiger charge is -2.04. The van der Waals surface area contributed by atoms with Crippen molar-refractivity contribution in [3.8, 4) is 5.75 Å². The molecule has 0 saturated carbocycles. The molecule has 0 aliphatic carbocycles. The number of rotatable bonds is 6. The minimum absolute atomic E-state index is 0.386. The van der Waals surface area contributed by atoms with Gasteiger partial charge in [-0.2, -0.15) is 0 Å². The Hall–Kier alpha value is -3.28. The first-order chi connectivity index (χ1) is 12.0. The zero-order valence-corrected chi connectivity index (χ0v) is 14.2. The van der Waals surface area contributed by atoms with Crippen molar-refractivity contribution in [2.45, 2.75) is 13.8 Å². The molecule has 2 aromatic rings. The summed E-state index contributed by atoms with van der Waals surface area (Å²) in [4.78, 5) is 23.7. The number of amides is 2. The fourth-order valence-electron chi connectivity index (χ4n) is 2.09. The predicted molar refractivity (Wildman–Crippen MR) is 95.0 cm³/mol. The van der Waals surface area contributed by atoms with Gasteiger partial charge in [-0.15, -0.1) is 0 Å². The van der Waals surface area contributed by atoms with E-state index in [-0.39, 0.29) is 0 Å². The second-order valence-electron chi connectivity index (χ2n) is 5.27. The monoisotopic (exact) mass is 340 g/mol. The molecule has 0 aliphatic heterocycles. The lowest BCUT2D eigenvalue weighted by Crippen LogP contribution is -2.40. The minimum Gasteiger partial charge on any atom is -0.490 e. The van der Waals surface area contributed by atoms with E-state index in [2.05, 4.69) is 17.4 Å². The lowest BCUT2D eigenvalue weighted by atomic mass is 10.2. The van der Waals surface area contributed by atoms with Crippen molar-refractivity contribution in [3.05, 3.63) is 71.7 Å². The highest BCUT2D eigenvalue weighted by Gasteiger charge is 2.13. The molecule has 130 valence electrons. The van der Waals surface area contributed by atoms with Crippen molar-refractivity contribution in [1.29, 1.82) is 0 Å². The second-order valence-corrected chi connectivity index (χ2v) is 5.27. The van der Waals surface area contributed by atoms with Gasteiger partial charge in [-0.25, -0.2) is 0 Å². The van der Waals surface area contributed by atoms with E-state index < -0.39 is 11.8 Å². The van der Waals surface area contributed by atoms with E-state index in [0.29, 0.717) is 23.7 Å². The molecule has 25 heavy (non-hydrogen) atoms. The predicted octanol–water partition coefficient (Wildman–Crippen LogP) is 2.94. The first kappa shape index (κ1) is 18.1. The fourth-order valence-corrected chi connectivity index (χ4v) is 2.09. The molecule has 2 N–H and O–H groups in total. The molecule has 0 unspecified atom stereocenters. The molecule has 0 bridgehead atoms. The zero-order chi connectivity index (χ0) is 18.2. The molecule has 2 rings (SSSR count). The Morgan fingerprint density at radius 2 is 1.92 bits per heavy atom. The van der Waals surface area contributed by atoms with Crippen molar-refractivity contribution in [2.75, 3.05) is 6.61 Å². The molecule has 1 aromatic carbocycles. The highest BCUT2D eigenvalue weighted by Crippen LogP contribution is 2.14. The van der Waals surface area contributed by atoms with Crippen LogP contribution in [0.1, 0.15) is 27.4 Å². The van der Waals surface area contributed by atoms with Crippen LogP contribution in [0.2, 0.25) is 0 Å². The number of ether oxygens (including phenoxy) is 1. The summed E-state index contributed by atoms with van der Waals surface area (Å²) in [5, 5.41) is 0. The van der Waals surface area contributed by atoms with Gasteiger partial charge >= 0.3 is 0 Å². The molecule has 1 heterocycles. The summed E-state index contributed by atoms with van der Waals surface area (Å²) in [5.74, 6) is 0.977. The zero-order valence-electron chi connectivity index (χ0n) is 14.2. The number of benzene rings is 1. The Labute approximate surface area is 146 Å². The van der Waals surface area contributed by atoms with Crippen LogP contribution in [0.5, 0.6) is 5.75 Å². The van der Waals surface area contributed by atoms with Crippen LogP contribution in [-0.2, 0) is 4.79 Å². The number of hydrogen-bond acceptors (Lipinski definition) is 4. The summed E-state index contributed by atoms with van der Waals surface area (Å²) in [6.07, 6.45) is 4.62. The van der Waals surface area contributed by atoms with Gasteiger partial charge in [0, 0.05) is 6.08 Å². The topological polar surface area (TPSA) is 80.6 Å². The third kappa shape index (κ3) is 5.39. The van der Waals surface area contributed by atoms with Gasteiger partial charge in [-0.05, 0) is 43.7 Å². The maximum Gasteiger partial charge on any atom is 0.273 e. The number of carbonyl (C=O) groups is 2. The Kier molecular flexibility index (Phi) is 6.17. The number of hydrogen-bond donors (Lipinski definition) is 2. The van der Waals surface area contributed by atoms with Crippen molar-refractivity contribution < 1.29 is 18.7 Å². The molecular weight excluding hydrogens is 320 g/mol. The van der Waals surface area contributed by atoms with E-state index >= 15 is 0 Å². The van der Waals surface area contributed by atoms with Crippen molar-refractivity contribution >= 4 is 17.9 Å². The lowest BCUT2D eigenvalue weighted by molar-refractivity contribution is -0.117. The third-order valence-corrected chi connectivity index (χ3v) is 3.26. The van der Waals surface area contributed by atoms with Crippen LogP contribution in [0.15, 0.2) is 53.5 Å². The van der Waals surface area contributed by atoms with Gasteiger partial charge < -0.3 is 9.15 Å². The average molecular weight is 340 g/mol. The van der Waals surface area contributed by atoms with Gasteiger partial charge in [0.25, 0.3) is 11.8 Å². The summed E-state index contributed by atoms with van der Waals surface area (Å²) < 4.78 is 10.7. The van der Waals surface area contributed by atoms with Crippen molar-refractivity contribution in [3.63, 3.8) is 0 Å². The highest BCUT2D eigenvalue weighted by atomic mass is 16.5. The number of hydrazine groups is 1. The van der Waals surface area contributed by atoms with Crippen LogP contribution in [-0.4, -0.2) is 18.4 Å². The first-order valence-corrected chi connectivity index (χ1v) is 7.69. The van der Waals surface area contributed by atoms with E-state index in [9.17, 15) is 9.59 Å². The van der Waals surface area contributed by atoms with Gasteiger partial charge in [0.2, 0.25) is 0 Å². The molecule has 6 heteroatoms. The van der Waals surface area contributed by atoms with Crippen LogP contribution < -0.4 is 15.6 Å². The maximum atomic E-state index is 12.0. The SMILES string of the molecule is C=CCOc1ccc(/C=C/C(=O)NNC(=O)c2cc(C)oc2C)cc1. The van der Waals surface area contributed by atoms with Crippen molar-refractivity contribution in [2.24, 2.45) is 0 Å². The van der Waals surface area contributed by atoms with E-state index in [1.807, 2.05) is 12.1 Å². The van der Waals surface area contributed by atoms with E-state index in [4.69, 9.17) is 9.15 Å². The normalized spacial score (nSPS) is 10.5. The molecule has 2 amide bonds. The standard InChI is InChI=1S/C19H20N2O4/c1-4-11-24-16-8-5-15(6-9-16)7-10-18(22)20-21-19(23)17-12-13(2)25-14(17)3/h4-10,12H,1,11H2,2-3H3,(H,20,22)(H,21,23)/b10-7+. The van der Waals surface area contributed by atoms with Crippen LogP contribution >= 0.6 is 0 Å². The fraction of sp³-hybridized carbons (Fsp3) is 0.158. The van der Waals surface area contributed by atoms with E-state index in [0.717, 1.165) is 11.3 Å². The van der Waals surface area contributed by atoms with E-state index in [1.165, 1.54) is 6.08 Å². The largest absolute Gasteiger partial charge is 0.490 e. The Bertz CT molecular complexity index is 788. The Morgan fingerprint density at radius 1 is 1.20 bits per heavy atom. The summed E-state index contributed by atoms with van der Waals surface area (Å²) in [6, 6.07) is 8.85. The average Bonchev–Trinajstić information content (AvgIpc) is 2.95. The number of furan rings is 1. The van der Waals surface area contributed by atoms with Crippen LogP contribution in [0.25, 0.3) is 6.08 Å². The highest BCUT2D eigenvalue weighted by molar-refractivity contribution is 5.98. The van der Waals surface area contributed by atoms with Crippen LogP contribution in [0, 0.1) is 13.8 Å².